The normalized spacial score (nSPS) is 22.4. The number of likely N-dealkylation sites (tertiary alicyclic amines) is 1. The molecular formula is C37H44N12O6. The Morgan fingerprint density at radius 3 is 2.45 bits per heavy atom. The highest BCUT2D eigenvalue weighted by molar-refractivity contribution is 6.23. The molecule has 0 spiro atoms. The number of aromatic nitrogens is 4. The standard InChI is InChI=1S/C37H44N12O6/c1-45-19-24(14-40-45)41-33-31(32(38)51)39-15-29(43-33)47-10-2-3-23(20-47)42-34(52)22-8-11-46(12-9-22)16-21-17-48(18-21)25-4-5-26-27(13-25)37(55)49(36(26)54)28-6-7-30(50)44-35(28)53/h4-5,13-15,19,21-23,28H,2-3,6-12,16-18,20H2,1H3,(H2,38,51)(H,41,43)(H,42,52)(H,44,50,53)/t23-,28+/m1/s1. The van der Waals surface area contributed by atoms with E-state index >= 15 is 0 Å². The maximum Gasteiger partial charge on any atom is 0.271 e. The van der Waals surface area contributed by atoms with Crippen LogP contribution < -0.4 is 31.5 Å². The van der Waals surface area contributed by atoms with Crippen molar-refractivity contribution in [2.75, 3.05) is 60.9 Å². The van der Waals surface area contributed by atoms with Gasteiger partial charge in [-0.25, -0.2) is 9.97 Å². The van der Waals surface area contributed by atoms with Crippen LogP contribution in [0.2, 0.25) is 0 Å². The Labute approximate surface area is 316 Å². The number of amides is 6. The molecule has 4 saturated heterocycles. The fraction of sp³-hybridized carbons (Fsp3) is 0.486. The van der Waals surface area contributed by atoms with E-state index < -0.39 is 35.6 Å². The van der Waals surface area contributed by atoms with Crippen LogP contribution in [-0.4, -0.2) is 123 Å². The van der Waals surface area contributed by atoms with Crippen molar-refractivity contribution in [2.24, 2.45) is 24.6 Å². The van der Waals surface area contributed by atoms with Crippen LogP contribution >= 0.6 is 0 Å². The van der Waals surface area contributed by atoms with Crippen LogP contribution in [0.15, 0.2) is 36.8 Å². The van der Waals surface area contributed by atoms with Crippen molar-refractivity contribution in [2.45, 2.75) is 50.6 Å². The van der Waals surface area contributed by atoms with Crippen LogP contribution in [0.1, 0.15) is 69.7 Å². The number of hydrogen-bond donors (Lipinski definition) is 4. The van der Waals surface area contributed by atoms with Crippen LogP contribution in [0.5, 0.6) is 0 Å². The minimum atomic E-state index is -0.985. The Kier molecular flexibility index (Phi) is 9.66. The Balaban J connectivity index is 0.794. The third kappa shape index (κ3) is 7.33. The first kappa shape index (κ1) is 36.1. The number of hydrogen-bond acceptors (Lipinski definition) is 13. The molecule has 1 aromatic carbocycles. The van der Waals surface area contributed by atoms with Gasteiger partial charge in [-0.2, -0.15) is 5.10 Å². The summed E-state index contributed by atoms with van der Waals surface area (Å²) in [5.74, 6) is -1.42. The molecule has 4 fully saturated rings. The van der Waals surface area contributed by atoms with E-state index in [0.717, 1.165) is 75.5 Å². The lowest BCUT2D eigenvalue weighted by Crippen LogP contribution is -2.54. The molecule has 5 aliphatic heterocycles. The Morgan fingerprint density at radius 1 is 0.945 bits per heavy atom. The average Bonchev–Trinajstić information content (AvgIpc) is 3.67. The minimum Gasteiger partial charge on any atom is -0.371 e. The molecular weight excluding hydrogens is 708 g/mol. The first-order chi connectivity index (χ1) is 26.5. The number of rotatable bonds is 10. The quantitative estimate of drug-likeness (QED) is 0.206. The molecule has 6 amide bonds. The van der Waals surface area contributed by atoms with E-state index in [-0.39, 0.29) is 53.3 Å². The first-order valence-corrected chi connectivity index (χ1v) is 18.8. The Bertz CT molecular complexity index is 2050. The predicted octanol–water partition coefficient (Wildman–Crippen LogP) is 0.387. The van der Waals surface area contributed by atoms with E-state index in [1.54, 1.807) is 42.5 Å². The van der Waals surface area contributed by atoms with E-state index in [0.29, 0.717) is 24.0 Å². The Morgan fingerprint density at radius 2 is 1.73 bits per heavy atom. The average molecular weight is 753 g/mol. The molecule has 3 aromatic rings. The van der Waals surface area contributed by atoms with Crippen LogP contribution in [-0.2, 0) is 21.4 Å². The molecule has 0 aliphatic carbocycles. The number of piperidine rings is 3. The molecule has 0 unspecified atom stereocenters. The van der Waals surface area contributed by atoms with Crippen molar-refractivity contribution in [3.63, 3.8) is 0 Å². The molecule has 2 aromatic heterocycles. The first-order valence-electron chi connectivity index (χ1n) is 18.8. The molecule has 0 radical (unpaired) electrons. The van der Waals surface area contributed by atoms with Gasteiger partial charge in [-0.3, -0.25) is 43.7 Å². The molecule has 0 saturated carbocycles. The largest absolute Gasteiger partial charge is 0.371 e. The van der Waals surface area contributed by atoms with E-state index in [2.05, 4.69) is 45.7 Å². The van der Waals surface area contributed by atoms with Crippen LogP contribution in [0.3, 0.4) is 0 Å². The zero-order chi connectivity index (χ0) is 38.4. The number of aryl methyl sites for hydroxylation is 1. The van der Waals surface area contributed by atoms with Gasteiger partial charge in [0.1, 0.15) is 11.9 Å². The van der Waals surface area contributed by atoms with Crippen molar-refractivity contribution in [1.29, 1.82) is 0 Å². The van der Waals surface area contributed by atoms with Gasteiger partial charge in [-0.1, -0.05) is 0 Å². The lowest BCUT2D eigenvalue weighted by atomic mass is 9.92. The fourth-order valence-electron chi connectivity index (χ4n) is 8.34. The topological polar surface area (TPSA) is 221 Å². The SMILES string of the molecule is Cn1cc(Nc2nc(N3CCC[C@@H](NC(=O)C4CCN(CC5CN(c6ccc7c(c6)C(=O)N([C@H]6CCC(=O)NC6=O)C7=O)C5)CC4)C3)cnc2C(N)=O)cn1. The van der Waals surface area contributed by atoms with E-state index in [1.807, 2.05) is 6.07 Å². The molecule has 288 valence electrons. The molecule has 2 atom stereocenters. The monoisotopic (exact) mass is 752 g/mol. The highest BCUT2D eigenvalue weighted by Gasteiger charge is 2.45. The number of benzene rings is 1. The molecule has 5 aliphatic rings. The number of fused-ring (bicyclic) bond motifs is 1. The summed E-state index contributed by atoms with van der Waals surface area (Å²) >= 11 is 0. The van der Waals surface area contributed by atoms with Gasteiger partial charge in [0.05, 0.1) is 29.2 Å². The lowest BCUT2D eigenvalue weighted by molar-refractivity contribution is -0.136. The second kappa shape index (κ2) is 14.7. The van der Waals surface area contributed by atoms with Crippen LogP contribution in [0, 0.1) is 11.8 Å². The number of imide groups is 2. The van der Waals surface area contributed by atoms with Gasteiger partial charge in [0.15, 0.2) is 11.5 Å². The molecule has 7 heterocycles. The highest BCUT2D eigenvalue weighted by atomic mass is 16.2. The lowest BCUT2D eigenvalue weighted by Gasteiger charge is -2.44. The molecule has 5 N–H and O–H groups in total. The smallest absolute Gasteiger partial charge is 0.271 e. The summed E-state index contributed by atoms with van der Waals surface area (Å²) in [6.07, 6.45) is 8.42. The van der Waals surface area contributed by atoms with Gasteiger partial charge in [-0.05, 0) is 63.4 Å². The zero-order valence-corrected chi connectivity index (χ0v) is 30.6. The molecule has 55 heavy (non-hydrogen) atoms. The van der Waals surface area contributed by atoms with Gasteiger partial charge in [-0.15, -0.1) is 0 Å². The number of anilines is 4. The Hall–Kier alpha value is -5.91. The molecule has 8 rings (SSSR count). The number of nitrogens with one attached hydrogen (secondary N) is 3. The van der Waals surface area contributed by atoms with Gasteiger partial charge in [0, 0.05) is 76.0 Å². The van der Waals surface area contributed by atoms with E-state index in [4.69, 9.17) is 5.73 Å². The number of nitrogens with two attached hydrogens (primary N) is 1. The molecule has 18 nitrogen and oxygen atoms in total. The minimum absolute atomic E-state index is 0.0348. The van der Waals surface area contributed by atoms with Gasteiger partial charge >= 0.3 is 0 Å². The van der Waals surface area contributed by atoms with Gasteiger partial charge < -0.3 is 31.1 Å². The fourth-order valence-corrected chi connectivity index (χ4v) is 8.34. The van der Waals surface area contributed by atoms with Gasteiger partial charge in [0.2, 0.25) is 17.7 Å². The van der Waals surface area contributed by atoms with Crippen molar-refractivity contribution >= 4 is 58.5 Å². The maximum absolute atomic E-state index is 13.4. The summed E-state index contributed by atoms with van der Waals surface area (Å²) in [6, 6.07) is 4.20. The number of primary amides is 1. The second-order valence-corrected chi connectivity index (χ2v) is 15.1. The van der Waals surface area contributed by atoms with Crippen LogP contribution in [0.25, 0.3) is 0 Å². The summed E-state index contributed by atoms with van der Waals surface area (Å²) in [5, 5.41) is 12.8. The van der Waals surface area contributed by atoms with Crippen molar-refractivity contribution in [3.8, 4) is 0 Å². The van der Waals surface area contributed by atoms with Crippen molar-refractivity contribution in [3.05, 3.63) is 53.6 Å². The predicted molar refractivity (Wildman–Crippen MR) is 198 cm³/mol. The van der Waals surface area contributed by atoms with Crippen molar-refractivity contribution < 1.29 is 28.8 Å². The van der Waals surface area contributed by atoms with E-state index in [1.165, 1.54) is 0 Å². The summed E-state index contributed by atoms with van der Waals surface area (Å²) in [5.41, 5.74) is 7.67. The third-order valence-corrected chi connectivity index (χ3v) is 11.3. The van der Waals surface area contributed by atoms with Crippen molar-refractivity contribution in [1.82, 2.24) is 40.2 Å². The zero-order valence-electron chi connectivity index (χ0n) is 30.6. The number of carbonyl (C=O) groups is 6. The van der Waals surface area contributed by atoms with Gasteiger partial charge in [0.25, 0.3) is 17.7 Å². The second-order valence-electron chi connectivity index (χ2n) is 15.1. The molecule has 18 heteroatoms. The highest BCUT2D eigenvalue weighted by Crippen LogP contribution is 2.34. The summed E-state index contributed by atoms with van der Waals surface area (Å²) in [7, 11) is 1.79. The number of carbonyl (C=O) groups excluding carboxylic acids is 6. The summed E-state index contributed by atoms with van der Waals surface area (Å²) in [4.78, 5) is 92.4. The molecule has 0 bridgehead atoms. The third-order valence-electron chi connectivity index (χ3n) is 11.3. The van der Waals surface area contributed by atoms with E-state index in [9.17, 15) is 28.8 Å². The summed E-state index contributed by atoms with van der Waals surface area (Å²) in [6.45, 7) is 5.54. The van der Waals surface area contributed by atoms with Crippen LogP contribution in [0.4, 0.5) is 23.0 Å². The maximum atomic E-state index is 13.4. The summed E-state index contributed by atoms with van der Waals surface area (Å²) < 4.78 is 1.63. The number of nitrogens with zero attached hydrogens (tertiary/aromatic N) is 8.